The van der Waals surface area contributed by atoms with E-state index < -0.39 is 6.10 Å². The predicted molar refractivity (Wildman–Crippen MR) is 89.1 cm³/mol. The highest BCUT2D eigenvalue weighted by Gasteiger charge is 2.34. The molecule has 2 heterocycles. The number of aromatic nitrogens is 1. The van der Waals surface area contributed by atoms with E-state index in [4.69, 9.17) is 5.53 Å². The van der Waals surface area contributed by atoms with Gasteiger partial charge >= 0.3 is 0 Å². The van der Waals surface area contributed by atoms with Gasteiger partial charge in [0.25, 0.3) is 0 Å². The molecule has 0 radical (unpaired) electrons. The average molecular weight is 312 g/mol. The first-order chi connectivity index (χ1) is 10.8. The second-order valence-electron chi connectivity index (χ2n) is 5.78. The maximum Gasteiger partial charge on any atom is 0.0832 e. The van der Waals surface area contributed by atoms with E-state index >= 15 is 0 Å². The zero-order valence-electron chi connectivity index (χ0n) is 12.0. The van der Waals surface area contributed by atoms with Gasteiger partial charge in [0.2, 0.25) is 0 Å². The molecule has 0 unspecified atom stereocenters. The van der Waals surface area contributed by atoms with Gasteiger partial charge < -0.3 is 9.67 Å². The van der Waals surface area contributed by atoms with Crippen molar-refractivity contribution in [3.05, 3.63) is 46.2 Å². The van der Waals surface area contributed by atoms with Crippen LogP contribution in [0.15, 0.2) is 40.8 Å². The molecular weight excluding hydrogens is 296 g/mol. The van der Waals surface area contributed by atoms with Gasteiger partial charge in [0, 0.05) is 10.3 Å². The molecule has 6 heteroatoms. The fourth-order valence-corrected chi connectivity index (χ4v) is 4.58. The summed E-state index contributed by atoms with van der Waals surface area (Å²) in [7, 11) is 0. The number of benzene rings is 1. The van der Waals surface area contributed by atoms with Crippen molar-refractivity contribution in [1.29, 1.82) is 0 Å². The second-order valence-corrected chi connectivity index (χ2v) is 6.70. The zero-order chi connectivity index (χ0) is 15.1. The summed E-state index contributed by atoms with van der Waals surface area (Å²) in [4.78, 5) is 2.90. The number of rotatable bonds is 2. The number of aliphatic hydroxyl groups excluding tert-OH is 1. The molecule has 1 aromatic carbocycles. The molecular formula is C16H16N4OS. The van der Waals surface area contributed by atoms with Crippen LogP contribution < -0.4 is 0 Å². The summed E-state index contributed by atoms with van der Waals surface area (Å²) in [6.45, 7) is 0. The highest BCUT2D eigenvalue weighted by atomic mass is 32.1. The number of fused-ring (bicyclic) bond motifs is 3. The molecule has 1 aliphatic rings. The van der Waals surface area contributed by atoms with E-state index in [1.54, 1.807) is 11.3 Å². The summed E-state index contributed by atoms with van der Waals surface area (Å²) in [6, 6.07) is 10.1. The minimum atomic E-state index is -0.636. The molecule has 2 aromatic heterocycles. The van der Waals surface area contributed by atoms with Crippen LogP contribution in [0.4, 0.5) is 0 Å². The SMILES string of the molecule is [N-]=[N+]=N[C@@H]1CCC[C@H](n2c3ccccc3c3sccc32)[C@H]1O. The van der Waals surface area contributed by atoms with Crippen molar-refractivity contribution >= 4 is 32.5 Å². The lowest BCUT2D eigenvalue weighted by Gasteiger charge is -2.34. The Kier molecular flexibility index (Phi) is 3.30. The van der Waals surface area contributed by atoms with E-state index in [1.165, 1.54) is 10.1 Å². The molecule has 3 atom stereocenters. The van der Waals surface area contributed by atoms with E-state index in [0.717, 1.165) is 30.3 Å². The third kappa shape index (κ3) is 1.92. The quantitative estimate of drug-likeness (QED) is 0.418. The molecule has 1 N–H and O–H groups in total. The third-order valence-corrected chi connectivity index (χ3v) is 5.57. The molecule has 0 aliphatic heterocycles. The van der Waals surface area contributed by atoms with Crippen LogP contribution in [0.25, 0.3) is 31.6 Å². The lowest BCUT2D eigenvalue weighted by molar-refractivity contribution is 0.0608. The Morgan fingerprint density at radius 1 is 1.23 bits per heavy atom. The number of aliphatic hydroxyl groups is 1. The van der Waals surface area contributed by atoms with Crippen LogP contribution in [-0.4, -0.2) is 21.8 Å². The van der Waals surface area contributed by atoms with Crippen molar-refractivity contribution in [2.24, 2.45) is 5.11 Å². The molecule has 0 bridgehead atoms. The lowest BCUT2D eigenvalue weighted by atomic mass is 9.88. The maximum atomic E-state index is 10.7. The summed E-state index contributed by atoms with van der Waals surface area (Å²) in [6.07, 6.45) is 1.99. The second kappa shape index (κ2) is 5.32. The predicted octanol–water partition coefficient (Wildman–Crippen LogP) is 4.62. The van der Waals surface area contributed by atoms with Crippen LogP contribution in [0.5, 0.6) is 0 Å². The molecule has 112 valence electrons. The number of para-hydroxylation sites is 1. The van der Waals surface area contributed by atoms with Crippen molar-refractivity contribution < 1.29 is 5.11 Å². The first-order valence-electron chi connectivity index (χ1n) is 7.49. The Hall–Kier alpha value is -2.01. The van der Waals surface area contributed by atoms with E-state index in [-0.39, 0.29) is 12.1 Å². The van der Waals surface area contributed by atoms with Gasteiger partial charge in [0.1, 0.15) is 0 Å². The van der Waals surface area contributed by atoms with Gasteiger partial charge in [0.05, 0.1) is 33.9 Å². The summed E-state index contributed by atoms with van der Waals surface area (Å²) in [5.41, 5.74) is 11.0. The largest absolute Gasteiger partial charge is 0.391 e. The van der Waals surface area contributed by atoms with E-state index in [1.807, 2.05) is 12.1 Å². The molecule has 5 nitrogen and oxygen atoms in total. The standard InChI is InChI=1S/C16H16N4OS/c17-19-18-11-5-3-7-13(15(11)21)20-12-6-2-1-4-10(12)16-14(20)8-9-22-16/h1-2,4,6,8-9,11,13,15,21H,3,5,7H2/t11-,13+,15+/m1/s1. The van der Waals surface area contributed by atoms with Crippen molar-refractivity contribution in [1.82, 2.24) is 4.57 Å². The molecule has 3 aromatic rings. The first-order valence-corrected chi connectivity index (χ1v) is 8.37. The van der Waals surface area contributed by atoms with E-state index in [9.17, 15) is 5.11 Å². The van der Waals surface area contributed by atoms with Crippen molar-refractivity contribution in [3.63, 3.8) is 0 Å². The molecule has 4 rings (SSSR count). The third-order valence-electron chi connectivity index (χ3n) is 4.63. The lowest BCUT2D eigenvalue weighted by Crippen LogP contribution is -2.37. The van der Waals surface area contributed by atoms with Gasteiger partial charge in [0.15, 0.2) is 0 Å². The van der Waals surface area contributed by atoms with E-state index in [0.29, 0.717) is 0 Å². The topological polar surface area (TPSA) is 73.9 Å². The van der Waals surface area contributed by atoms with Crippen molar-refractivity contribution in [3.8, 4) is 0 Å². The summed E-state index contributed by atoms with van der Waals surface area (Å²) in [5, 5.41) is 17.8. The molecule has 1 saturated carbocycles. The van der Waals surface area contributed by atoms with Crippen LogP contribution in [0.2, 0.25) is 0 Å². The average Bonchev–Trinajstić information content (AvgIpc) is 3.11. The van der Waals surface area contributed by atoms with Crippen LogP contribution in [0, 0.1) is 0 Å². The van der Waals surface area contributed by atoms with Gasteiger partial charge in [-0.15, -0.1) is 11.3 Å². The first kappa shape index (κ1) is 13.6. The minimum absolute atomic E-state index is 0.0405. The fourth-order valence-electron chi connectivity index (χ4n) is 3.66. The van der Waals surface area contributed by atoms with Crippen molar-refractivity contribution in [2.75, 3.05) is 0 Å². The highest BCUT2D eigenvalue weighted by Crippen LogP contribution is 2.40. The molecule has 1 fully saturated rings. The Bertz CT molecular complexity index is 877. The Morgan fingerprint density at radius 3 is 2.95 bits per heavy atom. The minimum Gasteiger partial charge on any atom is -0.391 e. The molecule has 22 heavy (non-hydrogen) atoms. The monoisotopic (exact) mass is 312 g/mol. The Morgan fingerprint density at radius 2 is 2.09 bits per heavy atom. The summed E-state index contributed by atoms with van der Waals surface area (Å²) < 4.78 is 3.50. The molecule has 1 aliphatic carbocycles. The Labute approximate surface area is 131 Å². The number of azide groups is 1. The molecule has 0 amide bonds. The number of thiophene rings is 1. The molecule has 0 spiro atoms. The van der Waals surface area contributed by atoms with Crippen molar-refractivity contribution in [2.45, 2.75) is 37.5 Å². The summed E-state index contributed by atoms with van der Waals surface area (Å²) in [5.74, 6) is 0. The number of hydrogen-bond acceptors (Lipinski definition) is 3. The van der Waals surface area contributed by atoms with E-state index in [2.05, 4.69) is 38.2 Å². The highest BCUT2D eigenvalue weighted by molar-refractivity contribution is 7.18. The van der Waals surface area contributed by atoms with Gasteiger partial charge in [-0.3, -0.25) is 0 Å². The zero-order valence-corrected chi connectivity index (χ0v) is 12.8. The number of nitrogens with zero attached hydrogens (tertiary/aromatic N) is 4. The van der Waals surface area contributed by atoms with Gasteiger partial charge in [-0.25, -0.2) is 0 Å². The summed E-state index contributed by atoms with van der Waals surface area (Å²) >= 11 is 1.73. The fraction of sp³-hybridized carbons (Fsp3) is 0.375. The van der Waals surface area contributed by atoms with Gasteiger partial charge in [-0.1, -0.05) is 29.7 Å². The van der Waals surface area contributed by atoms with Crippen LogP contribution in [0.1, 0.15) is 25.3 Å². The van der Waals surface area contributed by atoms with Gasteiger partial charge in [-0.05, 0) is 35.9 Å². The van der Waals surface area contributed by atoms with Crippen LogP contribution in [0.3, 0.4) is 0 Å². The number of hydrogen-bond donors (Lipinski definition) is 1. The smallest absolute Gasteiger partial charge is 0.0832 e. The molecule has 0 saturated heterocycles. The van der Waals surface area contributed by atoms with Crippen LogP contribution >= 0.6 is 11.3 Å². The normalized spacial score (nSPS) is 25.4. The van der Waals surface area contributed by atoms with Gasteiger partial charge in [-0.2, -0.15) is 0 Å². The Balaban J connectivity index is 1.91. The maximum absolute atomic E-state index is 10.7. The van der Waals surface area contributed by atoms with Crippen LogP contribution in [-0.2, 0) is 0 Å².